The van der Waals surface area contributed by atoms with Gasteiger partial charge in [0.2, 0.25) is 5.95 Å². The number of anilines is 1. The predicted octanol–water partition coefficient (Wildman–Crippen LogP) is 1.10. The molecule has 0 radical (unpaired) electrons. The summed E-state index contributed by atoms with van der Waals surface area (Å²) in [7, 11) is 0. The van der Waals surface area contributed by atoms with Crippen LogP contribution in [0.2, 0.25) is 0 Å². The lowest BCUT2D eigenvalue weighted by Gasteiger charge is -2.03. The van der Waals surface area contributed by atoms with Gasteiger partial charge >= 0.3 is 5.69 Å². The molecule has 8 heteroatoms. The normalized spacial score (nSPS) is 10.1. The molecule has 0 spiro atoms. The van der Waals surface area contributed by atoms with E-state index in [0.29, 0.717) is 18.3 Å². The Bertz CT molecular complexity index is 557. The van der Waals surface area contributed by atoms with Crippen LogP contribution in [0.25, 0.3) is 0 Å². The molecule has 0 aliphatic heterocycles. The van der Waals surface area contributed by atoms with Crippen LogP contribution in [0.4, 0.5) is 11.6 Å². The number of aromatic nitrogens is 4. The third-order valence-corrected chi connectivity index (χ3v) is 2.11. The van der Waals surface area contributed by atoms with Gasteiger partial charge in [0.1, 0.15) is 18.2 Å². The van der Waals surface area contributed by atoms with Gasteiger partial charge in [-0.3, -0.25) is 10.1 Å². The Kier molecular flexibility index (Phi) is 3.37. The van der Waals surface area contributed by atoms with Crippen molar-refractivity contribution in [2.45, 2.75) is 13.5 Å². The van der Waals surface area contributed by atoms with Crippen LogP contribution in [0.15, 0.2) is 24.7 Å². The minimum atomic E-state index is -0.544. The Morgan fingerprint density at radius 3 is 2.67 bits per heavy atom. The second kappa shape index (κ2) is 5.13. The summed E-state index contributed by atoms with van der Waals surface area (Å²) in [6.07, 6.45) is 3.97. The molecule has 0 amide bonds. The van der Waals surface area contributed by atoms with Crippen LogP contribution in [0.3, 0.4) is 0 Å². The Balaban J connectivity index is 2.00. The van der Waals surface area contributed by atoms with Crippen molar-refractivity contribution in [1.29, 1.82) is 0 Å². The second-order valence-corrected chi connectivity index (χ2v) is 3.47. The number of hydrogen-bond acceptors (Lipinski definition) is 7. The maximum atomic E-state index is 10.4. The van der Waals surface area contributed by atoms with Crippen molar-refractivity contribution in [3.05, 3.63) is 46.3 Å². The zero-order chi connectivity index (χ0) is 13.0. The molecule has 2 aromatic rings. The molecule has 1 N–H and O–H groups in total. The van der Waals surface area contributed by atoms with E-state index in [9.17, 15) is 10.1 Å². The van der Waals surface area contributed by atoms with Crippen molar-refractivity contribution in [2.75, 3.05) is 5.32 Å². The molecule has 2 aromatic heterocycles. The van der Waals surface area contributed by atoms with E-state index in [4.69, 9.17) is 0 Å². The predicted molar refractivity (Wildman–Crippen MR) is 62.8 cm³/mol. The largest absolute Gasteiger partial charge is 0.349 e. The van der Waals surface area contributed by atoms with Crippen LogP contribution in [-0.4, -0.2) is 24.9 Å². The van der Waals surface area contributed by atoms with Crippen molar-refractivity contribution >= 4 is 11.6 Å². The lowest BCUT2D eigenvalue weighted by Crippen LogP contribution is -2.06. The topological polar surface area (TPSA) is 107 Å². The van der Waals surface area contributed by atoms with Crippen LogP contribution in [0, 0.1) is 17.0 Å². The van der Waals surface area contributed by atoms with Gasteiger partial charge in [-0.15, -0.1) is 0 Å². The molecule has 2 rings (SSSR count). The van der Waals surface area contributed by atoms with Crippen LogP contribution >= 0.6 is 0 Å². The lowest BCUT2D eigenvalue weighted by molar-refractivity contribution is -0.385. The van der Waals surface area contributed by atoms with Gasteiger partial charge in [-0.05, 0) is 13.0 Å². The third-order valence-electron chi connectivity index (χ3n) is 2.11. The quantitative estimate of drug-likeness (QED) is 0.635. The minimum absolute atomic E-state index is 0.140. The third kappa shape index (κ3) is 2.94. The van der Waals surface area contributed by atoms with Gasteiger partial charge in [-0.2, -0.15) is 0 Å². The van der Waals surface area contributed by atoms with Gasteiger partial charge in [-0.25, -0.2) is 19.9 Å². The molecule has 18 heavy (non-hydrogen) atoms. The molecule has 0 atom stereocenters. The molecule has 8 nitrogen and oxygen atoms in total. The number of nitro groups is 1. The van der Waals surface area contributed by atoms with E-state index in [0.717, 1.165) is 18.1 Å². The molecule has 0 fully saturated rings. The highest BCUT2D eigenvalue weighted by Gasteiger charge is 2.06. The number of nitrogens with one attached hydrogen (secondary N) is 1. The zero-order valence-corrected chi connectivity index (χ0v) is 9.57. The van der Waals surface area contributed by atoms with Gasteiger partial charge in [0.25, 0.3) is 0 Å². The van der Waals surface area contributed by atoms with Gasteiger partial charge < -0.3 is 5.32 Å². The molecule has 2 heterocycles. The second-order valence-electron chi connectivity index (χ2n) is 3.47. The lowest BCUT2D eigenvalue weighted by atomic mass is 10.4. The van der Waals surface area contributed by atoms with Crippen LogP contribution in [-0.2, 0) is 6.54 Å². The Morgan fingerprint density at radius 2 is 2.06 bits per heavy atom. The molecule has 0 saturated heterocycles. The van der Waals surface area contributed by atoms with Gasteiger partial charge in [0.05, 0.1) is 17.2 Å². The van der Waals surface area contributed by atoms with Gasteiger partial charge in [0, 0.05) is 6.20 Å². The maximum Gasteiger partial charge on any atom is 0.305 e. The summed E-state index contributed by atoms with van der Waals surface area (Å²) >= 11 is 0. The molecular formula is C10H10N6O2. The van der Waals surface area contributed by atoms with E-state index in [1.165, 1.54) is 0 Å². The minimum Gasteiger partial charge on any atom is -0.349 e. The van der Waals surface area contributed by atoms with E-state index in [2.05, 4.69) is 25.3 Å². The van der Waals surface area contributed by atoms with Crippen molar-refractivity contribution in [3.63, 3.8) is 0 Å². The highest BCUT2D eigenvalue weighted by molar-refractivity contribution is 5.31. The first-order valence-electron chi connectivity index (χ1n) is 5.14. The molecule has 0 bridgehead atoms. The summed E-state index contributed by atoms with van der Waals surface area (Å²) < 4.78 is 0. The summed E-state index contributed by atoms with van der Waals surface area (Å²) in [6, 6.07) is 1.77. The highest BCUT2D eigenvalue weighted by atomic mass is 16.6. The van der Waals surface area contributed by atoms with E-state index >= 15 is 0 Å². The highest BCUT2D eigenvalue weighted by Crippen LogP contribution is 2.08. The smallest absolute Gasteiger partial charge is 0.305 e. The maximum absolute atomic E-state index is 10.4. The summed E-state index contributed by atoms with van der Waals surface area (Å²) in [5, 5.41) is 13.3. The standard InChI is InChI=1S/C10H10N6O2/c1-7-11-3-2-8(15-7)4-12-10-13-5-9(6-14-10)16(17)18/h2-3,5-6H,4H2,1H3,(H,12,13,14). The van der Waals surface area contributed by atoms with Gasteiger partial charge in [-0.1, -0.05) is 0 Å². The SMILES string of the molecule is Cc1nccc(CNc2ncc([N+](=O)[O-])cn2)n1. The first-order chi connectivity index (χ1) is 8.65. The van der Waals surface area contributed by atoms with E-state index in [1.54, 1.807) is 19.2 Å². The average Bonchev–Trinajstić information content (AvgIpc) is 2.37. The molecule has 0 unspecified atom stereocenters. The van der Waals surface area contributed by atoms with Gasteiger partial charge in [0.15, 0.2) is 0 Å². The first kappa shape index (κ1) is 11.8. The molecular weight excluding hydrogens is 236 g/mol. The van der Waals surface area contributed by atoms with Crippen molar-refractivity contribution in [3.8, 4) is 0 Å². The van der Waals surface area contributed by atoms with E-state index < -0.39 is 4.92 Å². The summed E-state index contributed by atoms with van der Waals surface area (Å²) in [6.45, 7) is 2.23. The van der Waals surface area contributed by atoms with Crippen molar-refractivity contribution in [1.82, 2.24) is 19.9 Å². The summed E-state index contributed by atoms with van der Waals surface area (Å²) in [5.74, 6) is 0.996. The molecule has 0 saturated carbocycles. The molecule has 0 aliphatic rings. The molecule has 0 aromatic carbocycles. The number of nitrogens with zero attached hydrogens (tertiary/aromatic N) is 5. The summed E-state index contributed by atoms with van der Waals surface area (Å²) in [5.41, 5.74) is 0.655. The van der Waals surface area contributed by atoms with Crippen molar-refractivity contribution in [2.24, 2.45) is 0 Å². The number of hydrogen-bond donors (Lipinski definition) is 1. The van der Waals surface area contributed by atoms with Crippen LogP contribution in [0.5, 0.6) is 0 Å². The summed E-state index contributed by atoms with van der Waals surface area (Å²) in [4.78, 5) is 25.7. The Hall–Kier alpha value is -2.64. The zero-order valence-electron chi connectivity index (χ0n) is 9.57. The number of rotatable bonds is 4. The Labute approximate surface area is 102 Å². The number of aryl methyl sites for hydroxylation is 1. The van der Waals surface area contributed by atoms with Crippen molar-refractivity contribution < 1.29 is 4.92 Å². The Morgan fingerprint density at radius 1 is 1.33 bits per heavy atom. The average molecular weight is 246 g/mol. The fourth-order valence-electron chi connectivity index (χ4n) is 1.28. The first-order valence-corrected chi connectivity index (χ1v) is 5.14. The fraction of sp³-hybridized carbons (Fsp3) is 0.200. The van der Waals surface area contributed by atoms with E-state index in [-0.39, 0.29) is 5.69 Å². The van der Waals surface area contributed by atoms with E-state index in [1.807, 2.05) is 0 Å². The van der Waals surface area contributed by atoms with Crippen LogP contribution < -0.4 is 5.32 Å². The molecule has 0 aliphatic carbocycles. The van der Waals surface area contributed by atoms with Crippen LogP contribution in [0.1, 0.15) is 11.5 Å². The fourth-order valence-corrected chi connectivity index (χ4v) is 1.28. The molecule has 92 valence electrons. The monoisotopic (exact) mass is 246 g/mol.